The third-order valence-electron chi connectivity index (χ3n) is 4.30. The molecule has 2 N–H and O–H groups in total. The summed E-state index contributed by atoms with van der Waals surface area (Å²) in [5, 5.41) is 5.70. The van der Waals surface area contributed by atoms with E-state index in [9.17, 15) is 9.59 Å². The molecular formula is C20H26N2O3. The van der Waals surface area contributed by atoms with Gasteiger partial charge in [-0.25, -0.2) is 0 Å². The first-order chi connectivity index (χ1) is 11.7. The van der Waals surface area contributed by atoms with Crippen molar-refractivity contribution < 1.29 is 14.0 Å². The Bertz CT molecular complexity index is 746. The molecule has 5 heteroatoms. The van der Waals surface area contributed by atoms with Gasteiger partial charge in [0, 0.05) is 5.69 Å². The van der Waals surface area contributed by atoms with Crippen LogP contribution in [0.5, 0.6) is 0 Å². The van der Waals surface area contributed by atoms with Gasteiger partial charge in [-0.15, -0.1) is 0 Å². The summed E-state index contributed by atoms with van der Waals surface area (Å²) < 4.78 is 5.20. The molecule has 0 bridgehead atoms. The van der Waals surface area contributed by atoms with Crippen molar-refractivity contribution in [1.82, 2.24) is 5.32 Å². The summed E-state index contributed by atoms with van der Waals surface area (Å²) in [6.45, 7) is 9.59. The van der Waals surface area contributed by atoms with Crippen molar-refractivity contribution >= 4 is 17.5 Å². The molecule has 5 nitrogen and oxygen atoms in total. The van der Waals surface area contributed by atoms with Gasteiger partial charge >= 0.3 is 0 Å². The third kappa shape index (κ3) is 4.29. The Morgan fingerprint density at radius 3 is 2.44 bits per heavy atom. The average molecular weight is 342 g/mol. The molecule has 0 aliphatic carbocycles. The average Bonchev–Trinajstić information content (AvgIpc) is 3.07. The summed E-state index contributed by atoms with van der Waals surface area (Å²) in [5.74, 6) is 0.235. The van der Waals surface area contributed by atoms with Gasteiger partial charge in [0.25, 0.3) is 0 Å². The Kier molecular flexibility index (Phi) is 5.67. The molecule has 1 aromatic heterocycles. The lowest BCUT2D eigenvalue weighted by atomic mass is 9.90. The number of hydrogen-bond donors (Lipinski definition) is 2. The van der Waals surface area contributed by atoms with E-state index in [2.05, 4.69) is 24.5 Å². The maximum Gasteiger partial charge on any atom is 0.239 e. The molecule has 1 aromatic carbocycles. The van der Waals surface area contributed by atoms with Gasteiger partial charge in [0.15, 0.2) is 0 Å². The lowest BCUT2D eigenvalue weighted by molar-refractivity contribution is -0.138. The molecule has 134 valence electrons. The number of benzene rings is 1. The van der Waals surface area contributed by atoms with Crippen LogP contribution < -0.4 is 10.6 Å². The van der Waals surface area contributed by atoms with Crippen LogP contribution in [0.2, 0.25) is 0 Å². The van der Waals surface area contributed by atoms with Crippen molar-refractivity contribution in [2.45, 2.75) is 47.1 Å². The van der Waals surface area contributed by atoms with E-state index in [1.54, 1.807) is 32.2 Å². The summed E-state index contributed by atoms with van der Waals surface area (Å²) in [6.07, 6.45) is 1.55. The van der Waals surface area contributed by atoms with Crippen LogP contribution in [0.15, 0.2) is 41.0 Å². The van der Waals surface area contributed by atoms with E-state index < -0.39 is 5.41 Å². The zero-order chi connectivity index (χ0) is 18.6. The minimum atomic E-state index is -1.21. The van der Waals surface area contributed by atoms with Crippen LogP contribution in [0.3, 0.4) is 0 Å². The van der Waals surface area contributed by atoms with Crippen LogP contribution in [0, 0.1) is 12.3 Å². The van der Waals surface area contributed by atoms with Gasteiger partial charge in [-0.3, -0.25) is 9.59 Å². The molecule has 25 heavy (non-hydrogen) atoms. The summed E-state index contributed by atoms with van der Waals surface area (Å²) in [6, 6.07) is 9.45. The van der Waals surface area contributed by atoms with E-state index in [0.29, 0.717) is 5.76 Å². The minimum absolute atomic E-state index is 0.254. The number of carbonyl (C=O) groups excluding carboxylic acids is 2. The fourth-order valence-electron chi connectivity index (χ4n) is 2.52. The van der Waals surface area contributed by atoms with Gasteiger partial charge in [0.05, 0.1) is 12.8 Å². The SMILES string of the molecule is Cc1cccc(C(C)C)c1NC(=O)C(C)(C)C(=O)NCc1ccco1. The quantitative estimate of drug-likeness (QED) is 0.780. The summed E-state index contributed by atoms with van der Waals surface area (Å²) in [5.41, 5.74) is 1.62. The van der Waals surface area contributed by atoms with Crippen molar-refractivity contribution in [2.75, 3.05) is 5.32 Å². The van der Waals surface area contributed by atoms with Crippen LogP contribution in [0.1, 0.15) is 50.5 Å². The van der Waals surface area contributed by atoms with E-state index in [-0.39, 0.29) is 24.3 Å². The highest BCUT2D eigenvalue weighted by molar-refractivity contribution is 6.10. The standard InChI is InChI=1S/C20H26N2O3/c1-13(2)16-10-6-8-14(3)17(16)22-19(24)20(4,5)18(23)21-12-15-9-7-11-25-15/h6-11,13H,12H2,1-5H3,(H,21,23)(H,22,24). The first kappa shape index (κ1) is 18.8. The van der Waals surface area contributed by atoms with Gasteiger partial charge in [-0.2, -0.15) is 0 Å². The monoisotopic (exact) mass is 342 g/mol. The van der Waals surface area contributed by atoms with Crippen molar-refractivity contribution in [1.29, 1.82) is 0 Å². The van der Waals surface area contributed by atoms with E-state index in [1.807, 2.05) is 25.1 Å². The molecule has 0 unspecified atom stereocenters. The molecular weight excluding hydrogens is 316 g/mol. The van der Waals surface area contributed by atoms with E-state index >= 15 is 0 Å². The maximum absolute atomic E-state index is 12.8. The fourth-order valence-corrected chi connectivity index (χ4v) is 2.52. The lowest BCUT2D eigenvalue weighted by Gasteiger charge is -2.24. The normalized spacial score (nSPS) is 11.4. The number of aryl methyl sites for hydroxylation is 1. The number of hydrogen-bond acceptors (Lipinski definition) is 3. The van der Waals surface area contributed by atoms with E-state index in [0.717, 1.165) is 16.8 Å². The number of carbonyl (C=O) groups is 2. The number of furan rings is 1. The zero-order valence-corrected chi connectivity index (χ0v) is 15.5. The van der Waals surface area contributed by atoms with Gasteiger partial charge in [0.2, 0.25) is 11.8 Å². The second-order valence-corrected chi connectivity index (χ2v) is 7.04. The van der Waals surface area contributed by atoms with Crippen molar-refractivity contribution in [3.63, 3.8) is 0 Å². The highest BCUT2D eigenvalue weighted by Gasteiger charge is 2.36. The molecule has 0 fully saturated rings. The van der Waals surface area contributed by atoms with Crippen LogP contribution in [0.25, 0.3) is 0 Å². The van der Waals surface area contributed by atoms with Gasteiger partial charge in [-0.1, -0.05) is 32.0 Å². The lowest BCUT2D eigenvalue weighted by Crippen LogP contribution is -2.45. The first-order valence-electron chi connectivity index (χ1n) is 8.45. The highest BCUT2D eigenvalue weighted by atomic mass is 16.3. The Morgan fingerprint density at radius 1 is 1.12 bits per heavy atom. The van der Waals surface area contributed by atoms with Crippen LogP contribution in [0.4, 0.5) is 5.69 Å². The molecule has 0 atom stereocenters. The van der Waals surface area contributed by atoms with Crippen molar-refractivity contribution in [3.05, 3.63) is 53.5 Å². The Balaban J connectivity index is 2.12. The van der Waals surface area contributed by atoms with Gasteiger partial charge < -0.3 is 15.1 Å². The van der Waals surface area contributed by atoms with Gasteiger partial charge in [0.1, 0.15) is 11.2 Å². The number of anilines is 1. The van der Waals surface area contributed by atoms with Gasteiger partial charge in [-0.05, 0) is 49.9 Å². The molecule has 0 spiro atoms. The molecule has 0 aliphatic rings. The second-order valence-electron chi connectivity index (χ2n) is 7.04. The number of rotatable bonds is 6. The van der Waals surface area contributed by atoms with Crippen LogP contribution in [-0.2, 0) is 16.1 Å². The Morgan fingerprint density at radius 2 is 1.84 bits per heavy atom. The zero-order valence-electron chi connectivity index (χ0n) is 15.5. The largest absolute Gasteiger partial charge is 0.467 e. The van der Waals surface area contributed by atoms with Crippen LogP contribution in [-0.4, -0.2) is 11.8 Å². The Hall–Kier alpha value is -2.56. The number of nitrogens with one attached hydrogen (secondary N) is 2. The molecule has 0 saturated heterocycles. The smallest absolute Gasteiger partial charge is 0.239 e. The highest BCUT2D eigenvalue weighted by Crippen LogP contribution is 2.29. The minimum Gasteiger partial charge on any atom is -0.467 e. The predicted molar refractivity (Wildman–Crippen MR) is 98.2 cm³/mol. The number of para-hydroxylation sites is 1. The molecule has 2 amide bonds. The molecule has 0 saturated carbocycles. The first-order valence-corrected chi connectivity index (χ1v) is 8.45. The summed E-state index contributed by atoms with van der Waals surface area (Å²) in [7, 11) is 0. The molecule has 0 radical (unpaired) electrons. The number of amides is 2. The molecule has 1 heterocycles. The summed E-state index contributed by atoms with van der Waals surface area (Å²) >= 11 is 0. The summed E-state index contributed by atoms with van der Waals surface area (Å²) in [4.78, 5) is 25.3. The predicted octanol–water partition coefficient (Wildman–Crippen LogP) is 3.99. The maximum atomic E-state index is 12.8. The Labute approximate surface area is 148 Å². The molecule has 2 rings (SSSR count). The van der Waals surface area contributed by atoms with Crippen molar-refractivity contribution in [3.8, 4) is 0 Å². The second kappa shape index (κ2) is 7.55. The van der Waals surface area contributed by atoms with E-state index in [4.69, 9.17) is 4.42 Å². The fraction of sp³-hybridized carbons (Fsp3) is 0.400. The van der Waals surface area contributed by atoms with Crippen LogP contribution >= 0.6 is 0 Å². The van der Waals surface area contributed by atoms with E-state index in [1.165, 1.54) is 0 Å². The molecule has 0 aliphatic heterocycles. The molecule has 2 aromatic rings. The third-order valence-corrected chi connectivity index (χ3v) is 4.30. The van der Waals surface area contributed by atoms with Crippen molar-refractivity contribution in [2.24, 2.45) is 5.41 Å². The topological polar surface area (TPSA) is 71.3 Å².